The van der Waals surface area contributed by atoms with E-state index < -0.39 is 18.5 Å². The molecule has 32 heavy (non-hydrogen) atoms. The molecule has 2 N–H and O–H groups in total. The first-order chi connectivity index (χ1) is 15.4. The van der Waals surface area contributed by atoms with Crippen LogP contribution in [0.25, 0.3) is 0 Å². The number of nitrogens with zero attached hydrogens (tertiary/aromatic N) is 3. The molecule has 2 saturated heterocycles. The summed E-state index contributed by atoms with van der Waals surface area (Å²) in [5, 5.41) is 12.2. The first-order valence-electron chi connectivity index (χ1n) is 10.3. The lowest BCUT2D eigenvalue weighted by atomic mass is 10.2. The second-order valence-electron chi connectivity index (χ2n) is 7.61. The molecule has 8 nitrogen and oxygen atoms in total. The number of ether oxygens (including phenoxy) is 1. The lowest BCUT2D eigenvalue weighted by molar-refractivity contribution is -0.134. The number of amides is 2. The highest BCUT2D eigenvalue weighted by Gasteiger charge is 2.33. The molecule has 0 aliphatic carbocycles. The van der Waals surface area contributed by atoms with Crippen LogP contribution in [0.3, 0.4) is 0 Å². The van der Waals surface area contributed by atoms with Gasteiger partial charge in [0, 0.05) is 44.1 Å². The predicted octanol–water partition coefficient (Wildman–Crippen LogP) is 2.30. The van der Waals surface area contributed by atoms with Gasteiger partial charge in [-0.05, 0) is 30.3 Å². The van der Waals surface area contributed by atoms with Crippen LogP contribution in [0.2, 0.25) is 4.34 Å². The molecule has 0 bridgehead atoms. The van der Waals surface area contributed by atoms with Crippen LogP contribution >= 0.6 is 22.9 Å². The summed E-state index contributed by atoms with van der Waals surface area (Å²) in [4.78, 5) is 29.8. The van der Waals surface area contributed by atoms with E-state index in [1.165, 1.54) is 22.3 Å². The molecule has 2 amide bonds. The van der Waals surface area contributed by atoms with Crippen molar-refractivity contribution in [1.29, 1.82) is 0 Å². The molecule has 2 aliphatic heterocycles. The van der Waals surface area contributed by atoms with Crippen LogP contribution in [0.4, 0.5) is 20.6 Å². The quantitative estimate of drug-likeness (QED) is 0.630. The number of carbonyl (C=O) groups excluding carboxylic acids is 2. The SMILES string of the molecule is O=C(CO)N1CCN(c2ccc(N3C[C@H](CNCc4ccc(Cl)s4)OC3=O)cc2F)CC1. The van der Waals surface area contributed by atoms with E-state index in [0.29, 0.717) is 57.2 Å². The number of anilines is 2. The average Bonchev–Trinajstić information content (AvgIpc) is 3.38. The van der Waals surface area contributed by atoms with Crippen LogP contribution in [0.15, 0.2) is 30.3 Å². The van der Waals surface area contributed by atoms with Crippen molar-refractivity contribution in [3.8, 4) is 0 Å². The number of hydrogen-bond donors (Lipinski definition) is 2. The van der Waals surface area contributed by atoms with E-state index in [0.717, 1.165) is 9.21 Å². The molecule has 0 saturated carbocycles. The number of thiophene rings is 1. The zero-order chi connectivity index (χ0) is 22.7. The molecule has 1 aromatic carbocycles. The van der Waals surface area contributed by atoms with E-state index >= 15 is 0 Å². The Labute approximate surface area is 194 Å². The maximum atomic E-state index is 14.9. The minimum absolute atomic E-state index is 0.323. The highest BCUT2D eigenvalue weighted by Crippen LogP contribution is 2.28. The van der Waals surface area contributed by atoms with Gasteiger partial charge in [-0.1, -0.05) is 11.6 Å². The predicted molar refractivity (Wildman–Crippen MR) is 121 cm³/mol. The van der Waals surface area contributed by atoms with Crippen LogP contribution in [0.1, 0.15) is 4.88 Å². The van der Waals surface area contributed by atoms with Crippen LogP contribution < -0.4 is 15.1 Å². The van der Waals surface area contributed by atoms with E-state index in [1.54, 1.807) is 17.0 Å². The Hall–Kier alpha value is -2.40. The highest BCUT2D eigenvalue weighted by molar-refractivity contribution is 7.16. The summed E-state index contributed by atoms with van der Waals surface area (Å²) in [5.41, 5.74) is 0.864. The maximum absolute atomic E-state index is 14.9. The molecule has 2 fully saturated rings. The Morgan fingerprint density at radius 1 is 1.25 bits per heavy atom. The van der Waals surface area contributed by atoms with E-state index in [4.69, 9.17) is 21.4 Å². The van der Waals surface area contributed by atoms with Crippen molar-refractivity contribution in [1.82, 2.24) is 10.2 Å². The fraction of sp³-hybridized carbons (Fsp3) is 0.429. The van der Waals surface area contributed by atoms with Gasteiger partial charge in [0.2, 0.25) is 5.91 Å². The van der Waals surface area contributed by atoms with Crippen molar-refractivity contribution in [3.05, 3.63) is 45.4 Å². The fourth-order valence-corrected chi connectivity index (χ4v) is 4.92. The van der Waals surface area contributed by atoms with Gasteiger partial charge >= 0.3 is 6.09 Å². The summed E-state index contributed by atoms with van der Waals surface area (Å²) in [6.45, 7) is 2.71. The number of hydrogen-bond acceptors (Lipinski definition) is 7. The second-order valence-corrected chi connectivity index (χ2v) is 9.41. The maximum Gasteiger partial charge on any atom is 0.414 e. The standard InChI is InChI=1S/C21H24ClFN4O4S/c22-19-4-2-16(32-19)11-24-10-15-12-27(21(30)31-15)14-1-3-18(17(23)9-14)25-5-7-26(8-6-25)20(29)13-28/h1-4,9,15,24,28H,5-8,10-13H2/t15-/m0/s1. The zero-order valence-electron chi connectivity index (χ0n) is 17.3. The van der Waals surface area contributed by atoms with E-state index in [-0.39, 0.29) is 12.0 Å². The molecule has 0 spiro atoms. The number of piperazine rings is 1. The van der Waals surface area contributed by atoms with Gasteiger partial charge in [0.05, 0.1) is 22.3 Å². The number of benzene rings is 1. The Morgan fingerprint density at radius 3 is 2.69 bits per heavy atom. The van der Waals surface area contributed by atoms with Crippen molar-refractivity contribution in [2.45, 2.75) is 12.6 Å². The van der Waals surface area contributed by atoms with Gasteiger partial charge in [0.1, 0.15) is 18.5 Å². The van der Waals surface area contributed by atoms with E-state index in [2.05, 4.69) is 5.32 Å². The number of cyclic esters (lactones) is 1. The summed E-state index contributed by atoms with van der Waals surface area (Å²) in [6, 6.07) is 8.47. The minimum Gasteiger partial charge on any atom is -0.443 e. The topological polar surface area (TPSA) is 85.3 Å². The summed E-state index contributed by atoms with van der Waals surface area (Å²) in [7, 11) is 0. The number of halogens is 2. The summed E-state index contributed by atoms with van der Waals surface area (Å²) in [5.74, 6) is -0.760. The van der Waals surface area contributed by atoms with Gasteiger partial charge in [-0.3, -0.25) is 9.69 Å². The van der Waals surface area contributed by atoms with Crippen molar-refractivity contribution < 1.29 is 23.8 Å². The Morgan fingerprint density at radius 2 is 2.03 bits per heavy atom. The molecular weight excluding hydrogens is 459 g/mol. The normalized spacial score (nSPS) is 18.9. The highest BCUT2D eigenvalue weighted by atomic mass is 35.5. The van der Waals surface area contributed by atoms with Crippen molar-refractivity contribution in [2.75, 3.05) is 55.7 Å². The first kappa shape index (κ1) is 22.8. The monoisotopic (exact) mass is 482 g/mol. The molecule has 172 valence electrons. The van der Waals surface area contributed by atoms with Gasteiger partial charge in [-0.2, -0.15) is 0 Å². The van der Waals surface area contributed by atoms with Gasteiger partial charge in [0.15, 0.2) is 0 Å². The van der Waals surface area contributed by atoms with Crippen LogP contribution in [-0.2, 0) is 16.1 Å². The largest absolute Gasteiger partial charge is 0.443 e. The zero-order valence-corrected chi connectivity index (χ0v) is 18.9. The van der Waals surface area contributed by atoms with Gasteiger partial charge < -0.3 is 25.0 Å². The number of nitrogens with one attached hydrogen (secondary N) is 1. The molecule has 2 aromatic rings. The fourth-order valence-electron chi connectivity index (χ4n) is 3.86. The van der Waals surface area contributed by atoms with E-state index in [9.17, 15) is 14.0 Å². The van der Waals surface area contributed by atoms with Crippen LogP contribution in [0.5, 0.6) is 0 Å². The van der Waals surface area contributed by atoms with Gasteiger partial charge in [0.25, 0.3) is 0 Å². The Bertz CT molecular complexity index is 982. The van der Waals surface area contributed by atoms with Crippen LogP contribution in [0, 0.1) is 5.82 Å². The third-order valence-electron chi connectivity index (χ3n) is 5.53. The molecule has 1 aromatic heterocycles. The van der Waals surface area contributed by atoms with E-state index in [1.807, 2.05) is 17.0 Å². The molecule has 2 aliphatic rings. The molecule has 4 rings (SSSR count). The number of rotatable bonds is 7. The van der Waals surface area contributed by atoms with Crippen molar-refractivity contribution >= 4 is 46.3 Å². The van der Waals surface area contributed by atoms with Crippen molar-refractivity contribution in [2.24, 2.45) is 0 Å². The molecule has 0 radical (unpaired) electrons. The number of carbonyl (C=O) groups is 2. The summed E-state index contributed by atoms with van der Waals surface area (Å²) in [6.07, 6.45) is -0.836. The smallest absolute Gasteiger partial charge is 0.414 e. The third kappa shape index (κ3) is 5.15. The van der Waals surface area contributed by atoms with Gasteiger partial charge in [-0.15, -0.1) is 11.3 Å². The third-order valence-corrected chi connectivity index (χ3v) is 6.76. The number of aliphatic hydroxyl groups is 1. The minimum atomic E-state index is -0.520. The molecular formula is C21H24ClFN4O4S. The molecule has 3 heterocycles. The lowest BCUT2D eigenvalue weighted by Crippen LogP contribution is -2.49. The van der Waals surface area contributed by atoms with Gasteiger partial charge in [-0.25, -0.2) is 9.18 Å². The molecule has 1 atom stereocenters. The first-order valence-corrected chi connectivity index (χ1v) is 11.5. The average molecular weight is 483 g/mol. The second kappa shape index (κ2) is 10.0. The summed E-state index contributed by atoms with van der Waals surface area (Å²) >= 11 is 7.42. The lowest BCUT2D eigenvalue weighted by Gasteiger charge is -2.36. The molecule has 11 heteroatoms. The van der Waals surface area contributed by atoms with Crippen molar-refractivity contribution in [3.63, 3.8) is 0 Å². The number of aliphatic hydroxyl groups excluding tert-OH is 1. The Balaban J connectivity index is 1.32. The summed E-state index contributed by atoms with van der Waals surface area (Å²) < 4.78 is 21.0. The van der Waals surface area contributed by atoms with Crippen LogP contribution in [-0.4, -0.2) is 74.0 Å². The Kier molecular flexibility index (Phi) is 7.14. The molecule has 0 unspecified atom stereocenters.